The van der Waals surface area contributed by atoms with Crippen LogP contribution in [0.1, 0.15) is 19.5 Å². The first-order valence-corrected chi connectivity index (χ1v) is 5.08. The van der Waals surface area contributed by atoms with Gasteiger partial charge >= 0.3 is 0 Å². The highest BCUT2D eigenvalue weighted by atomic mass is 16.5. The van der Waals surface area contributed by atoms with Gasteiger partial charge in [0.25, 0.3) is 0 Å². The number of aryl methyl sites for hydroxylation is 1. The third-order valence-electron chi connectivity index (χ3n) is 2.30. The Kier molecular flexibility index (Phi) is 4.03. The molecular weight excluding hydrogens is 192 g/mol. The van der Waals surface area contributed by atoms with E-state index in [0.29, 0.717) is 6.42 Å². The van der Waals surface area contributed by atoms with Gasteiger partial charge in [-0.25, -0.2) is 0 Å². The van der Waals surface area contributed by atoms with Gasteiger partial charge in [0, 0.05) is 20.4 Å². The van der Waals surface area contributed by atoms with Gasteiger partial charge in [-0.1, -0.05) is 13.8 Å². The van der Waals surface area contributed by atoms with Crippen molar-refractivity contribution in [1.29, 1.82) is 0 Å². The predicted octanol–water partition coefficient (Wildman–Crippen LogP) is 1.20. The lowest BCUT2D eigenvalue weighted by Crippen LogP contribution is -2.30. The summed E-state index contributed by atoms with van der Waals surface area (Å²) in [5.41, 5.74) is 0.796. The zero-order valence-electron chi connectivity index (χ0n) is 9.73. The molecule has 84 valence electrons. The molecule has 0 saturated heterocycles. The summed E-state index contributed by atoms with van der Waals surface area (Å²) in [7, 11) is 3.41. The molecule has 0 aliphatic carbocycles. The molecule has 0 fully saturated rings. The van der Waals surface area contributed by atoms with Crippen molar-refractivity contribution in [2.24, 2.45) is 13.0 Å². The van der Waals surface area contributed by atoms with Crippen molar-refractivity contribution in [1.82, 2.24) is 9.78 Å². The van der Waals surface area contributed by atoms with Crippen molar-refractivity contribution in [3.8, 4) is 0 Å². The van der Waals surface area contributed by atoms with E-state index in [0.717, 1.165) is 5.69 Å². The van der Waals surface area contributed by atoms with Gasteiger partial charge in [-0.3, -0.25) is 9.48 Å². The Hall–Kier alpha value is -1.16. The topological polar surface area (TPSA) is 44.1 Å². The van der Waals surface area contributed by atoms with Gasteiger partial charge in [-0.2, -0.15) is 5.10 Å². The van der Waals surface area contributed by atoms with Crippen LogP contribution in [-0.4, -0.2) is 28.8 Å². The molecule has 15 heavy (non-hydrogen) atoms. The van der Waals surface area contributed by atoms with Crippen molar-refractivity contribution < 1.29 is 9.53 Å². The molecule has 1 atom stereocenters. The minimum absolute atomic E-state index is 0.0891. The van der Waals surface area contributed by atoms with Crippen LogP contribution in [0.15, 0.2) is 12.3 Å². The minimum atomic E-state index is -0.327. The van der Waals surface area contributed by atoms with Crippen molar-refractivity contribution in [2.75, 3.05) is 7.11 Å². The maximum absolute atomic E-state index is 11.8. The van der Waals surface area contributed by atoms with E-state index in [1.807, 2.05) is 33.2 Å². The molecule has 0 aliphatic rings. The van der Waals surface area contributed by atoms with E-state index in [4.69, 9.17) is 4.74 Å². The smallest absolute Gasteiger partial charge is 0.167 e. The Morgan fingerprint density at radius 2 is 2.27 bits per heavy atom. The number of Topliss-reactive ketones (excluding diaryl/α,β-unsaturated/α-hetero) is 1. The fourth-order valence-electron chi connectivity index (χ4n) is 1.61. The molecule has 1 aromatic heterocycles. The molecule has 0 bridgehead atoms. The van der Waals surface area contributed by atoms with Crippen molar-refractivity contribution in [2.45, 2.75) is 26.4 Å². The highest BCUT2D eigenvalue weighted by Crippen LogP contribution is 2.09. The van der Waals surface area contributed by atoms with E-state index in [1.54, 1.807) is 11.8 Å². The maximum Gasteiger partial charge on any atom is 0.167 e. The lowest BCUT2D eigenvalue weighted by molar-refractivity contribution is -0.130. The van der Waals surface area contributed by atoms with Gasteiger partial charge in [-0.05, 0) is 12.0 Å². The van der Waals surface area contributed by atoms with Crippen LogP contribution >= 0.6 is 0 Å². The monoisotopic (exact) mass is 210 g/mol. The second-order valence-electron chi connectivity index (χ2n) is 4.02. The van der Waals surface area contributed by atoms with Gasteiger partial charge < -0.3 is 4.74 Å². The normalized spacial score (nSPS) is 13.1. The number of hydrogen-bond donors (Lipinski definition) is 0. The molecule has 0 saturated carbocycles. The molecule has 0 aliphatic heterocycles. The molecule has 0 radical (unpaired) electrons. The second-order valence-corrected chi connectivity index (χ2v) is 4.02. The highest BCUT2D eigenvalue weighted by Gasteiger charge is 2.22. The van der Waals surface area contributed by atoms with Crippen LogP contribution in [0.4, 0.5) is 0 Å². The lowest BCUT2D eigenvalue weighted by atomic mass is 10.00. The summed E-state index contributed by atoms with van der Waals surface area (Å²) in [6.07, 6.45) is 1.85. The molecule has 1 aromatic rings. The third-order valence-corrected chi connectivity index (χ3v) is 2.30. The van der Waals surface area contributed by atoms with E-state index in [2.05, 4.69) is 5.10 Å². The van der Waals surface area contributed by atoms with Gasteiger partial charge in [-0.15, -0.1) is 0 Å². The summed E-state index contributed by atoms with van der Waals surface area (Å²) in [5, 5.41) is 4.17. The minimum Gasteiger partial charge on any atom is -0.373 e. The van der Waals surface area contributed by atoms with Crippen molar-refractivity contribution in [3.05, 3.63) is 18.0 Å². The first-order chi connectivity index (χ1) is 7.04. The van der Waals surface area contributed by atoms with Crippen LogP contribution in [0.25, 0.3) is 0 Å². The molecule has 1 unspecified atom stereocenters. The first-order valence-electron chi connectivity index (χ1n) is 5.08. The Morgan fingerprint density at radius 3 is 2.67 bits per heavy atom. The Bertz CT molecular complexity index is 331. The van der Waals surface area contributed by atoms with Gasteiger partial charge in [0.1, 0.15) is 6.10 Å². The number of carbonyl (C=O) groups is 1. The molecule has 0 aromatic carbocycles. The zero-order chi connectivity index (χ0) is 11.4. The van der Waals surface area contributed by atoms with Crippen LogP contribution in [0, 0.1) is 5.92 Å². The molecule has 0 N–H and O–H groups in total. The fraction of sp³-hybridized carbons (Fsp3) is 0.636. The molecule has 4 nitrogen and oxygen atoms in total. The number of methoxy groups -OCH3 is 1. The quantitative estimate of drug-likeness (QED) is 0.733. The summed E-state index contributed by atoms with van der Waals surface area (Å²) in [5.74, 6) is 0.289. The summed E-state index contributed by atoms with van der Waals surface area (Å²) >= 11 is 0. The average Bonchev–Trinajstić information content (AvgIpc) is 2.51. The Morgan fingerprint density at radius 1 is 1.60 bits per heavy atom. The number of nitrogens with zero attached hydrogens (tertiary/aromatic N) is 2. The molecular formula is C11H18N2O2. The summed E-state index contributed by atoms with van der Waals surface area (Å²) in [6, 6.07) is 1.85. The average molecular weight is 210 g/mol. The van der Waals surface area contributed by atoms with E-state index in [1.165, 1.54) is 0 Å². The number of ether oxygens (including phenoxy) is 1. The van der Waals surface area contributed by atoms with Crippen molar-refractivity contribution in [3.63, 3.8) is 0 Å². The van der Waals surface area contributed by atoms with Gasteiger partial charge in [0.15, 0.2) is 5.78 Å². The standard InChI is InChI=1S/C11H18N2O2/c1-8(2)11(15-4)10(14)7-9-5-6-13(3)12-9/h5-6,8,11H,7H2,1-4H3. The van der Waals surface area contributed by atoms with E-state index >= 15 is 0 Å². The molecule has 0 amide bonds. The van der Waals surface area contributed by atoms with Crippen LogP contribution in [-0.2, 0) is 23.0 Å². The Balaban J connectivity index is 2.62. The summed E-state index contributed by atoms with van der Waals surface area (Å²) < 4.78 is 6.86. The third kappa shape index (κ3) is 3.16. The van der Waals surface area contributed by atoms with Gasteiger partial charge in [0.05, 0.1) is 12.1 Å². The van der Waals surface area contributed by atoms with Crippen molar-refractivity contribution >= 4 is 5.78 Å². The number of rotatable bonds is 5. The summed E-state index contributed by atoms with van der Waals surface area (Å²) in [4.78, 5) is 11.8. The fourth-order valence-corrected chi connectivity index (χ4v) is 1.61. The van der Waals surface area contributed by atoms with Crippen LogP contribution in [0.2, 0.25) is 0 Å². The largest absolute Gasteiger partial charge is 0.373 e. The van der Waals surface area contributed by atoms with E-state index < -0.39 is 0 Å². The first kappa shape index (κ1) is 11.9. The summed E-state index contributed by atoms with van der Waals surface area (Å²) in [6.45, 7) is 3.95. The Labute approximate surface area is 90.2 Å². The molecule has 0 spiro atoms. The van der Waals surface area contributed by atoms with Crippen LogP contribution in [0.5, 0.6) is 0 Å². The predicted molar refractivity (Wildman–Crippen MR) is 57.6 cm³/mol. The van der Waals surface area contributed by atoms with Crippen LogP contribution in [0.3, 0.4) is 0 Å². The second kappa shape index (κ2) is 5.07. The SMILES string of the molecule is COC(C(=O)Cc1ccn(C)n1)C(C)C. The van der Waals surface area contributed by atoms with E-state index in [-0.39, 0.29) is 17.8 Å². The number of aromatic nitrogens is 2. The molecule has 1 heterocycles. The van der Waals surface area contributed by atoms with Gasteiger partial charge in [0.2, 0.25) is 0 Å². The zero-order valence-corrected chi connectivity index (χ0v) is 9.73. The highest BCUT2D eigenvalue weighted by molar-refractivity contribution is 5.85. The maximum atomic E-state index is 11.8. The number of carbonyl (C=O) groups excluding carboxylic acids is 1. The van der Waals surface area contributed by atoms with Crippen LogP contribution < -0.4 is 0 Å². The lowest BCUT2D eigenvalue weighted by Gasteiger charge is -2.16. The number of hydrogen-bond acceptors (Lipinski definition) is 3. The number of ketones is 1. The van der Waals surface area contributed by atoms with E-state index in [9.17, 15) is 4.79 Å². The molecule has 1 rings (SSSR count). The molecule has 4 heteroatoms.